The summed E-state index contributed by atoms with van der Waals surface area (Å²) in [5.41, 5.74) is 2.88. The number of hydrogen-bond donors (Lipinski definition) is 0. The second-order valence-electron chi connectivity index (χ2n) is 6.16. The fraction of sp³-hybridized carbons (Fsp3) is 0.333. The molecule has 0 unspecified atom stereocenters. The van der Waals surface area contributed by atoms with Crippen molar-refractivity contribution in [1.29, 1.82) is 0 Å². The van der Waals surface area contributed by atoms with Gasteiger partial charge in [0.05, 0.1) is 0 Å². The van der Waals surface area contributed by atoms with Crippen LogP contribution in [-0.2, 0) is 13.0 Å². The molecule has 0 bridgehead atoms. The Balaban J connectivity index is 1.92. The molecule has 0 radical (unpaired) electrons. The third kappa shape index (κ3) is 4.78. The van der Waals surface area contributed by atoms with E-state index < -0.39 is 0 Å². The summed E-state index contributed by atoms with van der Waals surface area (Å²) in [5.74, 6) is 0.932. The molecule has 0 heterocycles. The summed E-state index contributed by atoms with van der Waals surface area (Å²) in [6.07, 6.45) is 1.09. The standard InChI is InChI=1S/C18H22O/c1-18(2,3)13-15-9-11-17(12-10-15)19-14-16-7-5-4-6-8-16/h4-12H,13-14H2,1-3H3. The van der Waals surface area contributed by atoms with Crippen molar-refractivity contribution in [3.63, 3.8) is 0 Å². The Labute approximate surface area is 116 Å². The Kier molecular flexibility index (Phi) is 4.26. The van der Waals surface area contributed by atoms with E-state index in [0.29, 0.717) is 12.0 Å². The lowest BCUT2D eigenvalue weighted by Gasteiger charge is -2.18. The lowest BCUT2D eigenvalue weighted by Crippen LogP contribution is -2.08. The van der Waals surface area contributed by atoms with Gasteiger partial charge in [0.15, 0.2) is 0 Å². The van der Waals surface area contributed by atoms with Crippen LogP contribution in [0.25, 0.3) is 0 Å². The van der Waals surface area contributed by atoms with Crippen molar-refractivity contribution in [3.05, 3.63) is 65.7 Å². The van der Waals surface area contributed by atoms with E-state index in [2.05, 4.69) is 57.2 Å². The number of ether oxygens (including phenoxy) is 1. The summed E-state index contributed by atoms with van der Waals surface area (Å²) < 4.78 is 5.78. The first-order valence-corrected chi connectivity index (χ1v) is 6.79. The van der Waals surface area contributed by atoms with Crippen LogP contribution in [0.2, 0.25) is 0 Å². The van der Waals surface area contributed by atoms with Crippen LogP contribution in [0.4, 0.5) is 0 Å². The lowest BCUT2D eigenvalue weighted by atomic mass is 9.88. The van der Waals surface area contributed by atoms with Crippen LogP contribution >= 0.6 is 0 Å². The highest BCUT2D eigenvalue weighted by molar-refractivity contribution is 5.28. The molecule has 0 fully saturated rings. The SMILES string of the molecule is CC(C)(C)Cc1ccc(OCc2ccccc2)cc1. The maximum absolute atomic E-state index is 5.78. The first kappa shape index (κ1) is 13.7. The smallest absolute Gasteiger partial charge is 0.119 e. The molecule has 0 saturated heterocycles. The predicted octanol–water partition coefficient (Wildman–Crippen LogP) is 4.85. The van der Waals surface area contributed by atoms with Gasteiger partial charge in [-0.25, -0.2) is 0 Å². The minimum atomic E-state index is 0.326. The van der Waals surface area contributed by atoms with Crippen molar-refractivity contribution in [2.75, 3.05) is 0 Å². The van der Waals surface area contributed by atoms with Crippen molar-refractivity contribution in [2.45, 2.75) is 33.8 Å². The van der Waals surface area contributed by atoms with Gasteiger partial charge in [-0.05, 0) is 35.1 Å². The Morgan fingerprint density at radius 3 is 2.00 bits per heavy atom. The molecule has 2 aromatic rings. The highest BCUT2D eigenvalue weighted by Gasteiger charge is 2.10. The molecule has 2 rings (SSSR count). The van der Waals surface area contributed by atoms with E-state index in [1.54, 1.807) is 0 Å². The van der Waals surface area contributed by atoms with Crippen molar-refractivity contribution >= 4 is 0 Å². The van der Waals surface area contributed by atoms with Gasteiger partial charge in [0.2, 0.25) is 0 Å². The van der Waals surface area contributed by atoms with Gasteiger partial charge in [0, 0.05) is 0 Å². The fourth-order valence-electron chi connectivity index (χ4n) is 2.06. The van der Waals surface area contributed by atoms with Crippen LogP contribution in [0, 0.1) is 5.41 Å². The summed E-state index contributed by atoms with van der Waals surface area (Å²) in [5, 5.41) is 0. The summed E-state index contributed by atoms with van der Waals surface area (Å²) in [4.78, 5) is 0. The van der Waals surface area contributed by atoms with E-state index in [1.165, 1.54) is 11.1 Å². The Hall–Kier alpha value is -1.76. The van der Waals surface area contributed by atoms with Crippen LogP contribution in [0.5, 0.6) is 5.75 Å². The van der Waals surface area contributed by atoms with Crippen molar-refractivity contribution < 1.29 is 4.74 Å². The molecule has 0 saturated carbocycles. The first-order chi connectivity index (χ1) is 9.03. The molecule has 100 valence electrons. The van der Waals surface area contributed by atoms with E-state index in [9.17, 15) is 0 Å². The average molecular weight is 254 g/mol. The Bertz CT molecular complexity index is 491. The molecule has 1 heteroatoms. The summed E-state index contributed by atoms with van der Waals surface area (Å²) in [6.45, 7) is 7.39. The zero-order valence-electron chi connectivity index (χ0n) is 12.0. The summed E-state index contributed by atoms with van der Waals surface area (Å²) in [6, 6.07) is 18.7. The monoisotopic (exact) mass is 254 g/mol. The molecule has 0 aliphatic rings. The number of benzene rings is 2. The fourth-order valence-corrected chi connectivity index (χ4v) is 2.06. The van der Waals surface area contributed by atoms with Crippen molar-refractivity contribution in [1.82, 2.24) is 0 Å². The number of hydrogen-bond acceptors (Lipinski definition) is 1. The maximum atomic E-state index is 5.78. The van der Waals surface area contributed by atoms with E-state index >= 15 is 0 Å². The van der Waals surface area contributed by atoms with Gasteiger partial charge in [-0.1, -0.05) is 63.2 Å². The molecule has 0 atom stereocenters. The summed E-state index contributed by atoms with van der Waals surface area (Å²) >= 11 is 0. The van der Waals surface area contributed by atoms with Crippen LogP contribution in [0.3, 0.4) is 0 Å². The van der Waals surface area contributed by atoms with E-state index in [4.69, 9.17) is 4.74 Å². The third-order valence-electron chi connectivity index (χ3n) is 2.91. The van der Waals surface area contributed by atoms with Gasteiger partial charge in [-0.3, -0.25) is 0 Å². The molecule has 0 spiro atoms. The normalized spacial score (nSPS) is 11.3. The highest BCUT2D eigenvalue weighted by Crippen LogP contribution is 2.22. The van der Waals surface area contributed by atoms with E-state index in [0.717, 1.165) is 12.2 Å². The molecular formula is C18H22O. The molecule has 0 aromatic heterocycles. The molecule has 1 nitrogen and oxygen atoms in total. The molecule has 0 N–H and O–H groups in total. The predicted molar refractivity (Wildman–Crippen MR) is 80.4 cm³/mol. The molecule has 0 aliphatic carbocycles. The van der Waals surface area contributed by atoms with Crippen LogP contribution in [0.15, 0.2) is 54.6 Å². The lowest BCUT2D eigenvalue weighted by molar-refractivity contribution is 0.306. The van der Waals surface area contributed by atoms with Crippen LogP contribution in [-0.4, -0.2) is 0 Å². The molecular weight excluding hydrogens is 232 g/mol. The quantitative estimate of drug-likeness (QED) is 0.757. The Morgan fingerprint density at radius 1 is 0.789 bits per heavy atom. The highest BCUT2D eigenvalue weighted by atomic mass is 16.5. The van der Waals surface area contributed by atoms with Crippen molar-refractivity contribution in [3.8, 4) is 5.75 Å². The van der Waals surface area contributed by atoms with Gasteiger partial charge in [-0.2, -0.15) is 0 Å². The van der Waals surface area contributed by atoms with E-state index in [-0.39, 0.29) is 0 Å². The van der Waals surface area contributed by atoms with Gasteiger partial charge < -0.3 is 4.74 Å². The minimum Gasteiger partial charge on any atom is -0.489 e. The third-order valence-corrected chi connectivity index (χ3v) is 2.91. The van der Waals surface area contributed by atoms with Crippen LogP contribution < -0.4 is 4.74 Å². The summed E-state index contributed by atoms with van der Waals surface area (Å²) in [7, 11) is 0. The zero-order valence-corrected chi connectivity index (χ0v) is 12.0. The minimum absolute atomic E-state index is 0.326. The molecule has 19 heavy (non-hydrogen) atoms. The van der Waals surface area contributed by atoms with Gasteiger partial charge in [0.1, 0.15) is 12.4 Å². The largest absolute Gasteiger partial charge is 0.489 e. The zero-order chi connectivity index (χ0) is 13.7. The second-order valence-corrected chi connectivity index (χ2v) is 6.16. The second kappa shape index (κ2) is 5.92. The van der Waals surface area contributed by atoms with Crippen molar-refractivity contribution in [2.24, 2.45) is 5.41 Å². The maximum Gasteiger partial charge on any atom is 0.119 e. The average Bonchev–Trinajstić information content (AvgIpc) is 2.37. The van der Waals surface area contributed by atoms with Gasteiger partial charge in [-0.15, -0.1) is 0 Å². The topological polar surface area (TPSA) is 9.23 Å². The van der Waals surface area contributed by atoms with Gasteiger partial charge in [0.25, 0.3) is 0 Å². The first-order valence-electron chi connectivity index (χ1n) is 6.79. The van der Waals surface area contributed by atoms with Crippen LogP contribution in [0.1, 0.15) is 31.9 Å². The van der Waals surface area contributed by atoms with Gasteiger partial charge >= 0.3 is 0 Å². The molecule has 0 aliphatic heterocycles. The Morgan fingerprint density at radius 2 is 1.42 bits per heavy atom. The molecule has 0 amide bonds. The molecule has 2 aromatic carbocycles. The number of rotatable bonds is 4. The van der Waals surface area contributed by atoms with E-state index in [1.807, 2.05) is 18.2 Å².